The van der Waals surface area contributed by atoms with Crippen LogP contribution in [-0.4, -0.2) is 75.5 Å². The SMILES string of the molecule is CC/C=C/C/C=C/C/C=C/C/C=C/CCCCCCCCC(=O)OC(COCCC(C(=O)[O-])[N+](C)(C)C)COC(=O)CC/C=C/C/C=C/CCCCCCCC. The largest absolute Gasteiger partial charge is 0.544 e. The molecule has 56 heavy (non-hydrogen) atoms. The van der Waals surface area contributed by atoms with Crippen LogP contribution < -0.4 is 5.11 Å². The highest BCUT2D eigenvalue weighted by Gasteiger charge is 2.25. The van der Waals surface area contributed by atoms with Crippen LogP contribution in [0.5, 0.6) is 0 Å². The molecule has 2 unspecified atom stereocenters. The molecular weight excluding hydrogens is 703 g/mol. The van der Waals surface area contributed by atoms with Crippen molar-refractivity contribution in [1.29, 1.82) is 0 Å². The molecule has 0 aliphatic rings. The van der Waals surface area contributed by atoms with Gasteiger partial charge in [-0.05, 0) is 70.6 Å². The Hall–Kier alpha value is -3.23. The van der Waals surface area contributed by atoms with E-state index in [4.69, 9.17) is 14.2 Å². The van der Waals surface area contributed by atoms with Gasteiger partial charge in [-0.15, -0.1) is 0 Å². The lowest BCUT2D eigenvalue weighted by molar-refractivity contribution is -0.889. The summed E-state index contributed by atoms with van der Waals surface area (Å²) in [4.78, 5) is 36.8. The number of carbonyl (C=O) groups excluding carboxylic acids is 3. The van der Waals surface area contributed by atoms with Gasteiger partial charge in [0, 0.05) is 19.3 Å². The minimum atomic E-state index is -1.14. The fourth-order valence-electron chi connectivity index (χ4n) is 5.94. The van der Waals surface area contributed by atoms with E-state index in [9.17, 15) is 19.5 Å². The summed E-state index contributed by atoms with van der Waals surface area (Å²) in [6, 6.07) is -0.738. The molecule has 0 saturated heterocycles. The van der Waals surface area contributed by atoms with Crippen molar-refractivity contribution in [3.05, 3.63) is 72.9 Å². The van der Waals surface area contributed by atoms with Crippen LogP contribution in [0.25, 0.3) is 0 Å². The molecule has 8 heteroatoms. The zero-order chi connectivity index (χ0) is 41.4. The van der Waals surface area contributed by atoms with Crippen LogP contribution in [0.4, 0.5) is 0 Å². The second-order valence-electron chi connectivity index (χ2n) is 15.5. The predicted octanol–water partition coefficient (Wildman–Crippen LogP) is 10.6. The number of aliphatic carboxylic acids is 1. The Balaban J connectivity index is 4.44. The van der Waals surface area contributed by atoms with Gasteiger partial charge in [0.05, 0.1) is 40.3 Å². The average molecular weight is 784 g/mol. The van der Waals surface area contributed by atoms with Gasteiger partial charge in [-0.2, -0.15) is 0 Å². The van der Waals surface area contributed by atoms with Crippen molar-refractivity contribution in [2.24, 2.45) is 0 Å². The summed E-state index contributed by atoms with van der Waals surface area (Å²) in [5, 5.41) is 11.6. The Morgan fingerprint density at radius 2 is 1.04 bits per heavy atom. The van der Waals surface area contributed by atoms with Crippen molar-refractivity contribution in [3.63, 3.8) is 0 Å². The van der Waals surface area contributed by atoms with Crippen LogP contribution in [0.2, 0.25) is 0 Å². The Labute approximate surface area is 342 Å². The quantitative estimate of drug-likeness (QED) is 0.0266. The van der Waals surface area contributed by atoms with Gasteiger partial charge >= 0.3 is 11.9 Å². The minimum absolute atomic E-state index is 0.0141. The molecule has 0 saturated carbocycles. The van der Waals surface area contributed by atoms with Gasteiger partial charge in [0.2, 0.25) is 0 Å². The summed E-state index contributed by atoms with van der Waals surface area (Å²) in [7, 11) is 5.38. The number of likely N-dealkylation sites (N-methyl/N-ethyl adjacent to an activating group) is 1. The maximum absolute atomic E-state index is 12.7. The molecule has 0 spiro atoms. The minimum Gasteiger partial charge on any atom is -0.544 e. The van der Waals surface area contributed by atoms with Crippen molar-refractivity contribution < 1.29 is 38.2 Å². The third-order valence-corrected chi connectivity index (χ3v) is 9.34. The molecule has 0 aliphatic carbocycles. The summed E-state index contributed by atoms with van der Waals surface area (Å²) in [6.07, 6.45) is 48.0. The number of ether oxygens (including phenoxy) is 3. The molecule has 0 N–H and O–H groups in total. The number of nitrogens with zero attached hydrogens (tertiary/aromatic N) is 1. The maximum atomic E-state index is 12.7. The molecule has 0 aromatic heterocycles. The number of hydrogen-bond acceptors (Lipinski definition) is 7. The first-order chi connectivity index (χ1) is 27.1. The summed E-state index contributed by atoms with van der Waals surface area (Å²) in [5.74, 6) is -1.85. The molecule has 0 rings (SSSR count). The zero-order valence-corrected chi connectivity index (χ0v) is 36.3. The second kappa shape index (κ2) is 38.6. The van der Waals surface area contributed by atoms with Crippen LogP contribution in [0.3, 0.4) is 0 Å². The molecular formula is C48H81NO7. The van der Waals surface area contributed by atoms with E-state index < -0.39 is 18.1 Å². The highest BCUT2D eigenvalue weighted by atomic mass is 16.6. The van der Waals surface area contributed by atoms with Gasteiger partial charge in [-0.3, -0.25) is 9.59 Å². The van der Waals surface area contributed by atoms with E-state index in [2.05, 4.69) is 80.7 Å². The molecule has 320 valence electrons. The Kier molecular flexibility index (Phi) is 36.4. The van der Waals surface area contributed by atoms with E-state index >= 15 is 0 Å². The topological polar surface area (TPSA) is 102 Å². The lowest BCUT2D eigenvalue weighted by Crippen LogP contribution is -2.55. The smallest absolute Gasteiger partial charge is 0.306 e. The van der Waals surface area contributed by atoms with E-state index in [1.54, 1.807) is 21.1 Å². The van der Waals surface area contributed by atoms with Crippen molar-refractivity contribution in [1.82, 2.24) is 0 Å². The number of unbranched alkanes of at least 4 members (excludes halogenated alkanes) is 12. The van der Waals surface area contributed by atoms with E-state index in [1.807, 2.05) is 6.08 Å². The fraction of sp³-hybridized carbons (Fsp3) is 0.688. The number of esters is 2. The average Bonchev–Trinajstić information content (AvgIpc) is 3.15. The monoisotopic (exact) mass is 784 g/mol. The standard InChI is InChI=1S/C48H81NO7/c1-6-8-10-12-14-16-18-20-21-22-23-24-25-27-29-31-33-35-37-39-47(51)56-44(42-54-41-40-45(48(52)53)49(3,4)5)43-55-46(50)38-36-34-32-30-28-26-19-17-15-13-11-9-7-2/h8,10,14,16,20-21,23-24,26,28,32,34,44-45H,6-7,9,11-13,15,17-19,22,25,27,29-31,33,35-43H2,1-5H3/b10-8+,16-14+,21-20+,24-23+,28-26+,34-32+. The van der Waals surface area contributed by atoms with Gasteiger partial charge in [0.1, 0.15) is 12.6 Å². The number of allylic oxidation sites excluding steroid dienone is 12. The molecule has 2 atom stereocenters. The molecule has 0 fully saturated rings. The molecule has 0 bridgehead atoms. The number of hydrogen-bond donors (Lipinski definition) is 0. The summed E-state index contributed by atoms with van der Waals surface area (Å²) in [6.45, 7) is 4.45. The van der Waals surface area contributed by atoms with Crippen LogP contribution in [0.15, 0.2) is 72.9 Å². The lowest BCUT2D eigenvalue weighted by atomic mass is 10.1. The van der Waals surface area contributed by atoms with Crippen LogP contribution in [-0.2, 0) is 28.6 Å². The molecule has 0 heterocycles. The van der Waals surface area contributed by atoms with Crippen molar-refractivity contribution >= 4 is 17.9 Å². The van der Waals surface area contributed by atoms with E-state index in [0.717, 1.165) is 70.6 Å². The Morgan fingerprint density at radius 3 is 1.55 bits per heavy atom. The van der Waals surface area contributed by atoms with Crippen LogP contribution >= 0.6 is 0 Å². The zero-order valence-electron chi connectivity index (χ0n) is 36.3. The van der Waals surface area contributed by atoms with Crippen molar-refractivity contribution in [2.75, 3.05) is 41.0 Å². The Morgan fingerprint density at radius 1 is 0.554 bits per heavy atom. The van der Waals surface area contributed by atoms with Gasteiger partial charge in [0.15, 0.2) is 6.10 Å². The van der Waals surface area contributed by atoms with Gasteiger partial charge in [-0.1, -0.05) is 145 Å². The molecule has 8 nitrogen and oxygen atoms in total. The van der Waals surface area contributed by atoms with E-state index in [0.29, 0.717) is 12.8 Å². The van der Waals surface area contributed by atoms with Crippen molar-refractivity contribution in [2.45, 2.75) is 174 Å². The number of carboxylic acids is 1. The van der Waals surface area contributed by atoms with Crippen molar-refractivity contribution in [3.8, 4) is 0 Å². The Bertz CT molecular complexity index is 1140. The number of carboxylic acid groups (broad SMARTS) is 1. The predicted molar refractivity (Wildman–Crippen MR) is 231 cm³/mol. The summed E-state index contributed by atoms with van der Waals surface area (Å²) < 4.78 is 17.1. The first-order valence-corrected chi connectivity index (χ1v) is 22.0. The van der Waals surface area contributed by atoms with Crippen LogP contribution in [0, 0.1) is 0 Å². The first kappa shape index (κ1) is 52.8. The molecule has 0 aromatic rings. The van der Waals surface area contributed by atoms with Crippen LogP contribution in [0.1, 0.15) is 162 Å². The molecule has 0 aromatic carbocycles. The van der Waals surface area contributed by atoms with Gasteiger partial charge in [-0.25, -0.2) is 0 Å². The molecule has 0 aliphatic heterocycles. The molecule has 0 amide bonds. The summed E-state index contributed by atoms with van der Waals surface area (Å²) >= 11 is 0. The number of rotatable bonds is 38. The number of carbonyl (C=O) groups is 3. The third kappa shape index (κ3) is 36.4. The fourth-order valence-corrected chi connectivity index (χ4v) is 5.94. The maximum Gasteiger partial charge on any atom is 0.306 e. The van der Waals surface area contributed by atoms with E-state index in [-0.39, 0.29) is 49.1 Å². The second-order valence-corrected chi connectivity index (χ2v) is 15.5. The highest BCUT2D eigenvalue weighted by Crippen LogP contribution is 2.12. The summed E-state index contributed by atoms with van der Waals surface area (Å²) in [5.41, 5.74) is 0. The van der Waals surface area contributed by atoms with Gasteiger partial charge < -0.3 is 28.6 Å². The normalized spacial score (nSPS) is 13.7. The lowest BCUT2D eigenvalue weighted by Gasteiger charge is -2.34. The third-order valence-electron chi connectivity index (χ3n) is 9.34. The molecule has 0 radical (unpaired) electrons. The number of quaternary nitrogens is 1. The van der Waals surface area contributed by atoms with E-state index in [1.165, 1.54) is 51.4 Å². The first-order valence-electron chi connectivity index (χ1n) is 22.0. The van der Waals surface area contributed by atoms with Gasteiger partial charge in [0.25, 0.3) is 0 Å². The highest BCUT2D eigenvalue weighted by molar-refractivity contribution is 5.70.